The number of rotatable bonds is 2. The summed E-state index contributed by atoms with van der Waals surface area (Å²) < 4.78 is 11.1. The van der Waals surface area contributed by atoms with E-state index in [4.69, 9.17) is 14.6 Å². The van der Waals surface area contributed by atoms with E-state index < -0.39 is 0 Å². The highest BCUT2D eigenvalue weighted by Gasteiger charge is 2.24. The lowest BCUT2D eigenvalue weighted by Gasteiger charge is -2.17. The van der Waals surface area contributed by atoms with Crippen LogP contribution in [0, 0.1) is 12.8 Å². The third kappa shape index (κ3) is 1.86. The molecule has 3 rings (SSSR count). The van der Waals surface area contributed by atoms with Gasteiger partial charge in [-0.2, -0.15) is 0 Å². The Morgan fingerprint density at radius 1 is 1.41 bits per heavy atom. The quantitative estimate of drug-likeness (QED) is 0.854. The summed E-state index contributed by atoms with van der Waals surface area (Å²) in [6, 6.07) is 0. The zero-order chi connectivity index (χ0) is 11.8. The van der Waals surface area contributed by atoms with Gasteiger partial charge in [0, 0.05) is 6.42 Å². The molecule has 2 aromatic heterocycles. The lowest BCUT2D eigenvalue weighted by Crippen LogP contribution is -2.21. The van der Waals surface area contributed by atoms with Crippen molar-refractivity contribution in [3.8, 4) is 11.8 Å². The lowest BCUT2D eigenvalue weighted by atomic mass is 9.90. The van der Waals surface area contributed by atoms with E-state index in [0.717, 1.165) is 36.5 Å². The highest BCUT2D eigenvalue weighted by molar-refractivity contribution is 5.39. The molecule has 1 atom stereocenters. The minimum atomic E-state index is 0.459. The summed E-state index contributed by atoms with van der Waals surface area (Å²) in [5, 5.41) is 0. The molecule has 0 saturated heterocycles. The van der Waals surface area contributed by atoms with Gasteiger partial charge in [0.25, 0.3) is 11.8 Å². The van der Waals surface area contributed by atoms with Gasteiger partial charge in [0.1, 0.15) is 11.5 Å². The molecule has 5 heteroatoms. The summed E-state index contributed by atoms with van der Waals surface area (Å²) in [4.78, 5) is 8.58. The van der Waals surface area contributed by atoms with Crippen LogP contribution in [-0.4, -0.2) is 16.5 Å². The van der Waals surface area contributed by atoms with Crippen molar-refractivity contribution in [2.45, 2.75) is 26.2 Å². The standard InChI is InChI=1S/C12H15N3O2/c1-7-6-14-11(16-7)12-15-9-4-8(5-13)2-3-10(9)17-12/h6,8H,2-5,13H2,1H3. The van der Waals surface area contributed by atoms with Crippen molar-refractivity contribution in [2.24, 2.45) is 11.7 Å². The zero-order valence-electron chi connectivity index (χ0n) is 9.77. The van der Waals surface area contributed by atoms with Crippen LogP contribution in [0.4, 0.5) is 0 Å². The Kier molecular flexibility index (Phi) is 2.48. The van der Waals surface area contributed by atoms with E-state index in [1.165, 1.54) is 0 Å². The van der Waals surface area contributed by atoms with Crippen LogP contribution in [0.5, 0.6) is 0 Å². The van der Waals surface area contributed by atoms with E-state index in [1.807, 2.05) is 6.92 Å². The highest BCUT2D eigenvalue weighted by Crippen LogP contribution is 2.29. The molecule has 0 aromatic carbocycles. The Labute approximate surface area is 99.0 Å². The van der Waals surface area contributed by atoms with Crippen molar-refractivity contribution in [3.05, 3.63) is 23.4 Å². The molecule has 90 valence electrons. The second-order valence-electron chi connectivity index (χ2n) is 4.51. The van der Waals surface area contributed by atoms with Gasteiger partial charge < -0.3 is 14.6 Å². The predicted octanol–water partition coefficient (Wildman–Crippen LogP) is 1.70. The molecule has 2 heterocycles. The number of oxazole rings is 2. The number of aryl methyl sites for hydroxylation is 2. The number of hydrogen-bond acceptors (Lipinski definition) is 5. The molecule has 0 radical (unpaired) electrons. The summed E-state index contributed by atoms with van der Waals surface area (Å²) in [5.41, 5.74) is 6.70. The van der Waals surface area contributed by atoms with Gasteiger partial charge >= 0.3 is 0 Å². The van der Waals surface area contributed by atoms with E-state index in [2.05, 4.69) is 9.97 Å². The van der Waals surface area contributed by atoms with E-state index in [0.29, 0.717) is 24.2 Å². The van der Waals surface area contributed by atoms with Crippen molar-refractivity contribution in [1.82, 2.24) is 9.97 Å². The largest absolute Gasteiger partial charge is 0.438 e. The maximum Gasteiger partial charge on any atom is 0.284 e. The molecule has 1 aliphatic carbocycles. The third-order valence-electron chi connectivity index (χ3n) is 3.18. The molecule has 1 aliphatic rings. The average molecular weight is 233 g/mol. The van der Waals surface area contributed by atoms with Gasteiger partial charge in [-0.1, -0.05) is 0 Å². The van der Waals surface area contributed by atoms with Crippen molar-refractivity contribution in [1.29, 1.82) is 0 Å². The minimum Gasteiger partial charge on any atom is -0.438 e. The minimum absolute atomic E-state index is 0.459. The van der Waals surface area contributed by atoms with Crippen molar-refractivity contribution >= 4 is 0 Å². The Morgan fingerprint density at radius 2 is 2.29 bits per heavy atom. The van der Waals surface area contributed by atoms with Crippen LogP contribution >= 0.6 is 0 Å². The molecule has 5 nitrogen and oxygen atoms in total. The van der Waals surface area contributed by atoms with Crippen LogP contribution < -0.4 is 5.73 Å². The number of hydrogen-bond donors (Lipinski definition) is 1. The average Bonchev–Trinajstić information content (AvgIpc) is 2.93. The van der Waals surface area contributed by atoms with E-state index in [9.17, 15) is 0 Å². The lowest BCUT2D eigenvalue weighted by molar-refractivity contribution is 0.408. The molecule has 17 heavy (non-hydrogen) atoms. The molecule has 2 N–H and O–H groups in total. The smallest absolute Gasteiger partial charge is 0.284 e. The fourth-order valence-corrected chi connectivity index (χ4v) is 2.20. The number of nitrogens with two attached hydrogens (primary N) is 1. The molecule has 0 amide bonds. The Hall–Kier alpha value is -1.62. The molecule has 0 saturated carbocycles. The van der Waals surface area contributed by atoms with E-state index in [-0.39, 0.29) is 0 Å². The summed E-state index contributed by atoms with van der Waals surface area (Å²) in [5.74, 6) is 3.19. The van der Waals surface area contributed by atoms with Gasteiger partial charge in [0.15, 0.2) is 0 Å². The van der Waals surface area contributed by atoms with Gasteiger partial charge in [-0.05, 0) is 32.2 Å². The van der Waals surface area contributed by atoms with E-state index >= 15 is 0 Å². The van der Waals surface area contributed by atoms with Crippen LogP contribution in [-0.2, 0) is 12.8 Å². The molecule has 1 unspecified atom stereocenters. The van der Waals surface area contributed by atoms with Crippen LogP contribution in [0.15, 0.2) is 15.0 Å². The molecule has 0 aliphatic heterocycles. The number of nitrogens with zero attached hydrogens (tertiary/aromatic N) is 2. The summed E-state index contributed by atoms with van der Waals surface area (Å²) in [7, 11) is 0. The topological polar surface area (TPSA) is 78.1 Å². The maximum atomic E-state index is 5.69. The Morgan fingerprint density at radius 3 is 3.00 bits per heavy atom. The highest BCUT2D eigenvalue weighted by atomic mass is 16.4. The molecule has 0 spiro atoms. The van der Waals surface area contributed by atoms with Crippen LogP contribution in [0.2, 0.25) is 0 Å². The Balaban J connectivity index is 1.92. The van der Waals surface area contributed by atoms with Crippen LogP contribution in [0.25, 0.3) is 11.8 Å². The number of aromatic nitrogens is 2. The van der Waals surface area contributed by atoms with E-state index in [1.54, 1.807) is 6.20 Å². The van der Waals surface area contributed by atoms with Crippen LogP contribution in [0.1, 0.15) is 23.6 Å². The fourth-order valence-electron chi connectivity index (χ4n) is 2.20. The fraction of sp³-hybridized carbons (Fsp3) is 0.500. The SMILES string of the molecule is Cc1cnc(-c2nc3c(o2)CCC(CN)C3)o1. The summed E-state index contributed by atoms with van der Waals surface area (Å²) in [6.45, 7) is 2.56. The van der Waals surface area contributed by atoms with Crippen molar-refractivity contribution in [2.75, 3.05) is 6.54 Å². The molecule has 0 fully saturated rings. The summed E-state index contributed by atoms with van der Waals surface area (Å²) in [6.07, 6.45) is 4.54. The molecular weight excluding hydrogens is 218 g/mol. The van der Waals surface area contributed by atoms with Gasteiger partial charge in [-0.15, -0.1) is 0 Å². The monoisotopic (exact) mass is 233 g/mol. The Bertz CT molecular complexity index is 530. The van der Waals surface area contributed by atoms with Gasteiger partial charge in [0.05, 0.1) is 11.9 Å². The van der Waals surface area contributed by atoms with Crippen LogP contribution in [0.3, 0.4) is 0 Å². The maximum absolute atomic E-state index is 5.69. The van der Waals surface area contributed by atoms with Crippen molar-refractivity contribution < 1.29 is 8.83 Å². The first-order chi connectivity index (χ1) is 8.26. The second-order valence-corrected chi connectivity index (χ2v) is 4.51. The molecular formula is C12H15N3O2. The van der Waals surface area contributed by atoms with Gasteiger partial charge in [-0.3, -0.25) is 0 Å². The first-order valence-corrected chi connectivity index (χ1v) is 5.87. The first kappa shape index (κ1) is 10.5. The molecule has 2 aromatic rings. The predicted molar refractivity (Wildman–Crippen MR) is 61.3 cm³/mol. The zero-order valence-corrected chi connectivity index (χ0v) is 9.77. The first-order valence-electron chi connectivity index (χ1n) is 5.87. The van der Waals surface area contributed by atoms with Gasteiger partial charge in [-0.25, -0.2) is 9.97 Å². The summed E-state index contributed by atoms with van der Waals surface area (Å²) >= 11 is 0. The third-order valence-corrected chi connectivity index (χ3v) is 3.18. The molecule has 0 bridgehead atoms. The normalized spacial score (nSPS) is 19.3. The number of fused-ring (bicyclic) bond motifs is 1. The van der Waals surface area contributed by atoms with Gasteiger partial charge in [0.2, 0.25) is 0 Å². The van der Waals surface area contributed by atoms with Crippen molar-refractivity contribution in [3.63, 3.8) is 0 Å². The second kappa shape index (κ2) is 4.00.